The number of nitrogens with one attached hydrogen (secondary N) is 1. The molecule has 5 aromatic rings. The molecule has 6 rings (SSSR count). The molecule has 8 nitrogen and oxygen atoms in total. The fourth-order valence-corrected chi connectivity index (χ4v) is 7.24. The molecule has 1 aliphatic heterocycles. The lowest BCUT2D eigenvalue weighted by molar-refractivity contribution is -0.130. The molecule has 14 heteroatoms. The number of halogens is 3. The van der Waals surface area contributed by atoms with E-state index in [4.69, 9.17) is 4.74 Å². The first-order valence-corrected chi connectivity index (χ1v) is 15.2. The second-order valence-corrected chi connectivity index (χ2v) is 12.6. The van der Waals surface area contributed by atoms with Crippen molar-refractivity contribution in [2.75, 3.05) is 18.4 Å². The summed E-state index contributed by atoms with van der Waals surface area (Å²) in [5.74, 6) is 2.50. The zero-order chi connectivity index (χ0) is 27.5. The maximum Gasteiger partial charge on any atom is 0.219 e. The Bertz CT molecular complexity index is 1610. The smallest absolute Gasteiger partial charge is 0.219 e. The van der Waals surface area contributed by atoms with Crippen LogP contribution in [0.3, 0.4) is 0 Å². The van der Waals surface area contributed by atoms with Crippen LogP contribution in [-0.4, -0.2) is 43.2 Å². The van der Waals surface area contributed by atoms with Gasteiger partial charge in [-0.05, 0) is 61.2 Å². The van der Waals surface area contributed by atoms with E-state index < -0.39 is 0 Å². The van der Waals surface area contributed by atoms with E-state index in [1.54, 1.807) is 54.5 Å². The third-order valence-corrected chi connectivity index (χ3v) is 9.41. The van der Waals surface area contributed by atoms with Crippen LogP contribution in [0, 0.1) is 11.7 Å². The van der Waals surface area contributed by atoms with Gasteiger partial charge in [0.25, 0.3) is 0 Å². The Morgan fingerprint density at radius 3 is 2.67 bits per heavy atom. The number of anilines is 2. The predicted molar refractivity (Wildman–Crippen MR) is 171 cm³/mol. The van der Waals surface area contributed by atoms with Crippen LogP contribution in [0.1, 0.15) is 25.6 Å². The zero-order valence-corrected chi connectivity index (χ0v) is 26.4. The summed E-state index contributed by atoms with van der Waals surface area (Å²) in [5.41, 5.74) is 0.959. The summed E-state index contributed by atoms with van der Waals surface area (Å²) in [5, 5.41) is 3.88. The van der Waals surface area contributed by atoms with E-state index in [0.29, 0.717) is 28.4 Å². The van der Waals surface area contributed by atoms with Gasteiger partial charge >= 0.3 is 0 Å². The SMILES string of the molecule is CC(=O)N1CCC(Cc2nsc(Nc3ncc(Sc4cc5ncccc5s4)cc3Oc3ccc(F)cc3)n2)CC1.Cl.Cl. The van der Waals surface area contributed by atoms with Gasteiger partial charge < -0.3 is 15.0 Å². The molecule has 1 N–H and O–H groups in total. The van der Waals surface area contributed by atoms with E-state index in [1.165, 1.54) is 23.7 Å². The number of piperidine rings is 1. The molecule has 0 spiro atoms. The predicted octanol–water partition coefficient (Wildman–Crippen LogP) is 8.01. The molecule has 0 radical (unpaired) electrons. The van der Waals surface area contributed by atoms with Gasteiger partial charge in [-0.3, -0.25) is 9.78 Å². The fourth-order valence-electron chi connectivity index (χ4n) is 4.50. The van der Waals surface area contributed by atoms with Crippen molar-refractivity contribution in [2.24, 2.45) is 5.92 Å². The maximum absolute atomic E-state index is 13.5. The lowest BCUT2D eigenvalue weighted by Gasteiger charge is -2.30. The van der Waals surface area contributed by atoms with E-state index in [2.05, 4.69) is 36.8 Å². The number of pyridine rings is 2. The molecule has 5 heterocycles. The molecule has 220 valence electrons. The van der Waals surface area contributed by atoms with Crippen LogP contribution in [0.2, 0.25) is 0 Å². The van der Waals surface area contributed by atoms with E-state index >= 15 is 0 Å². The van der Waals surface area contributed by atoms with Gasteiger partial charge in [0, 0.05) is 61.3 Å². The van der Waals surface area contributed by atoms with Gasteiger partial charge in [0.05, 0.1) is 14.4 Å². The minimum atomic E-state index is -0.333. The van der Waals surface area contributed by atoms with Crippen molar-refractivity contribution in [1.82, 2.24) is 24.2 Å². The van der Waals surface area contributed by atoms with Crippen molar-refractivity contribution in [3.63, 3.8) is 0 Å². The topological polar surface area (TPSA) is 93.1 Å². The number of carbonyl (C=O) groups excluding carboxylic acids is 1. The molecule has 1 amide bonds. The lowest BCUT2D eigenvalue weighted by atomic mass is 9.93. The third kappa shape index (κ3) is 7.87. The first-order valence-electron chi connectivity index (χ1n) is 12.8. The number of carbonyl (C=O) groups is 1. The summed E-state index contributed by atoms with van der Waals surface area (Å²) < 4.78 is 26.4. The molecule has 0 saturated carbocycles. The number of thiophene rings is 1. The molecule has 1 aliphatic rings. The van der Waals surface area contributed by atoms with E-state index in [0.717, 1.165) is 57.5 Å². The van der Waals surface area contributed by atoms with Crippen molar-refractivity contribution in [1.29, 1.82) is 0 Å². The molecule has 4 aromatic heterocycles. The summed E-state index contributed by atoms with van der Waals surface area (Å²) in [6, 6.07) is 13.8. The number of ether oxygens (including phenoxy) is 1. The highest BCUT2D eigenvalue weighted by molar-refractivity contribution is 8.01. The molecule has 1 aromatic carbocycles. The van der Waals surface area contributed by atoms with Crippen LogP contribution in [-0.2, 0) is 11.2 Å². The van der Waals surface area contributed by atoms with Crippen LogP contribution >= 0.6 is 59.4 Å². The highest BCUT2D eigenvalue weighted by atomic mass is 35.5. The highest BCUT2D eigenvalue weighted by Crippen LogP contribution is 2.40. The number of rotatable bonds is 8. The Hall–Kier alpha value is -3.03. The highest BCUT2D eigenvalue weighted by Gasteiger charge is 2.22. The summed E-state index contributed by atoms with van der Waals surface area (Å²) in [6.45, 7) is 3.19. The van der Waals surface area contributed by atoms with Crippen molar-refractivity contribution in [3.05, 3.63) is 72.6 Å². The zero-order valence-electron chi connectivity index (χ0n) is 22.4. The molecule has 1 saturated heterocycles. The van der Waals surface area contributed by atoms with Crippen LogP contribution in [0.25, 0.3) is 10.2 Å². The van der Waals surface area contributed by atoms with Crippen molar-refractivity contribution in [2.45, 2.75) is 35.3 Å². The van der Waals surface area contributed by atoms with Crippen molar-refractivity contribution >= 4 is 86.5 Å². The molecule has 0 aliphatic carbocycles. The number of aromatic nitrogens is 4. The number of nitrogens with zero attached hydrogens (tertiary/aromatic N) is 5. The molecule has 1 fully saturated rings. The average Bonchev–Trinajstić information content (AvgIpc) is 3.57. The largest absolute Gasteiger partial charge is 0.453 e. The summed E-state index contributed by atoms with van der Waals surface area (Å²) >= 11 is 4.52. The molecular weight excluding hydrogens is 638 g/mol. The second kappa shape index (κ2) is 14.4. The van der Waals surface area contributed by atoms with E-state index in [1.807, 2.05) is 17.0 Å². The Morgan fingerprint density at radius 2 is 1.93 bits per heavy atom. The normalized spacial score (nSPS) is 13.3. The molecular formula is C28H27Cl2FN6O2S3. The van der Waals surface area contributed by atoms with Gasteiger partial charge in [0.2, 0.25) is 11.0 Å². The van der Waals surface area contributed by atoms with Crippen molar-refractivity contribution in [3.8, 4) is 11.5 Å². The molecule has 42 heavy (non-hydrogen) atoms. The minimum absolute atomic E-state index is 0. The number of hydrogen-bond donors (Lipinski definition) is 1. The molecule has 0 unspecified atom stereocenters. The van der Waals surface area contributed by atoms with Crippen LogP contribution in [0.4, 0.5) is 15.3 Å². The van der Waals surface area contributed by atoms with Gasteiger partial charge in [0.1, 0.15) is 17.4 Å². The quantitative estimate of drug-likeness (QED) is 0.178. The van der Waals surface area contributed by atoms with Crippen LogP contribution < -0.4 is 10.1 Å². The fraction of sp³-hybridized carbons (Fsp3) is 0.250. The van der Waals surface area contributed by atoms with E-state index in [-0.39, 0.29) is 36.5 Å². The number of benzene rings is 1. The standard InChI is InChI=1S/C28H25FN6O2S3.2ClH/c1-17(36)35-11-8-18(9-12-35)13-25-32-28(40-34-25)33-27-23(37-20-6-4-19(29)5-7-20)14-21(16-31-27)38-26-15-22-24(39-26)3-2-10-30-22;;/h2-7,10,14-16,18H,8-9,11-13H2,1H3,(H,31,32,33,34);2*1H. The van der Waals surface area contributed by atoms with Gasteiger partial charge in [-0.15, -0.1) is 36.2 Å². The number of likely N-dealkylation sites (tertiary alicyclic amines) is 1. The van der Waals surface area contributed by atoms with Gasteiger partial charge in [-0.2, -0.15) is 4.37 Å². The monoisotopic (exact) mass is 664 g/mol. The first-order chi connectivity index (χ1) is 19.5. The number of amides is 1. The second-order valence-electron chi connectivity index (χ2n) is 9.42. The third-order valence-electron chi connectivity index (χ3n) is 6.58. The first kappa shape index (κ1) is 31.9. The Balaban J connectivity index is 0.00000202. The molecule has 0 atom stereocenters. The number of hydrogen-bond acceptors (Lipinski definition) is 10. The maximum atomic E-state index is 13.5. The molecule has 0 bridgehead atoms. The Labute approximate surface area is 267 Å². The Kier molecular flexibility index (Phi) is 11.0. The minimum Gasteiger partial charge on any atom is -0.453 e. The van der Waals surface area contributed by atoms with Gasteiger partial charge in [0.15, 0.2) is 11.6 Å². The van der Waals surface area contributed by atoms with Crippen molar-refractivity contribution < 1.29 is 13.9 Å². The Morgan fingerprint density at radius 1 is 1.14 bits per heavy atom. The number of fused-ring (bicyclic) bond motifs is 1. The van der Waals surface area contributed by atoms with Gasteiger partial charge in [-0.25, -0.2) is 14.4 Å². The summed E-state index contributed by atoms with van der Waals surface area (Å²) in [6.07, 6.45) is 6.25. The average molecular weight is 666 g/mol. The van der Waals surface area contributed by atoms with E-state index in [9.17, 15) is 9.18 Å². The van der Waals surface area contributed by atoms with Crippen LogP contribution in [0.15, 0.2) is 70.0 Å². The summed E-state index contributed by atoms with van der Waals surface area (Å²) in [4.78, 5) is 28.2. The lowest BCUT2D eigenvalue weighted by Crippen LogP contribution is -2.37. The van der Waals surface area contributed by atoms with Gasteiger partial charge in [-0.1, -0.05) is 11.8 Å². The van der Waals surface area contributed by atoms with Crippen LogP contribution in [0.5, 0.6) is 11.5 Å². The summed E-state index contributed by atoms with van der Waals surface area (Å²) in [7, 11) is 0.